The second kappa shape index (κ2) is 7.01. The van der Waals surface area contributed by atoms with Gasteiger partial charge in [-0.15, -0.1) is 0 Å². The van der Waals surface area contributed by atoms with Gasteiger partial charge in [-0.2, -0.15) is 0 Å². The van der Waals surface area contributed by atoms with Gasteiger partial charge in [0.1, 0.15) is 17.1 Å². The molecule has 5 rings (SSSR count). The van der Waals surface area contributed by atoms with Gasteiger partial charge in [-0.25, -0.2) is 4.98 Å². The largest absolute Gasteiger partial charge is 0.497 e. The molecule has 3 aliphatic heterocycles. The first-order chi connectivity index (χ1) is 14.4. The molecule has 0 bridgehead atoms. The summed E-state index contributed by atoms with van der Waals surface area (Å²) in [5.74, 6) is 2.16. The minimum absolute atomic E-state index is 0.00155. The van der Waals surface area contributed by atoms with E-state index >= 15 is 0 Å². The van der Waals surface area contributed by atoms with E-state index in [2.05, 4.69) is 18.8 Å². The molecule has 0 radical (unpaired) electrons. The van der Waals surface area contributed by atoms with Crippen LogP contribution in [0.2, 0.25) is 0 Å². The quantitative estimate of drug-likeness (QED) is 0.746. The van der Waals surface area contributed by atoms with Crippen molar-refractivity contribution in [3.63, 3.8) is 0 Å². The van der Waals surface area contributed by atoms with Crippen LogP contribution in [0.3, 0.4) is 0 Å². The summed E-state index contributed by atoms with van der Waals surface area (Å²) >= 11 is 0. The molecule has 160 valence electrons. The van der Waals surface area contributed by atoms with Gasteiger partial charge >= 0.3 is 0 Å². The van der Waals surface area contributed by atoms with Gasteiger partial charge in [0.25, 0.3) is 5.91 Å². The molecule has 3 aliphatic rings. The van der Waals surface area contributed by atoms with Crippen LogP contribution in [0.15, 0.2) is 35.2 Å². The van der Waals surface area contributed by atoms with Gasteiger partial charge in [-0.1, -0.05) is 0 Å². The zero-order valence-electron chi connectivity index (χ0n) is 17.7. The molecule has 0 aliphatic carbocycles. The Balaban J connectivity index is 1.34. The van der Waals surface area contributed by atoms with Crippen LogP contribution in [0.5, 0.6) is 11.5 Å². The predicted molar refractivity (Wildman–Crippen MR) is 109 cm³/mol. The average molecular weight is 412 g/mol. The number of oxazole rings is 1. The van der Waals surface area contributed by atoms with E-state index in [1.54, 1.807) is 7.11 Å². The topological polar surface area (TPSA) is 74.0 Å². The number of rotatable bonds is 2. The number of piperidine rings is 1. The highest BCUT2D eigenvalue weighted by Gasteiger charge is 2.53. The Morgan fingerprint density at radius 1 is 1.27 bits per heavy atom. The van der Waals surface area contributed by atoms with E-state index in [0.29, 0.717) is 25.5 Å². The van der Waals surface area contributed by atoms with Gasteiger partial charge in [0, 0.05) is 24.6 Å². The van der Waals surface area contributed by atoms with Crippen LogP contribution in [0.4, 0.5) is 0 Å². The molecule has 4 heterocycles. The third-order valence-electron chi connectivity index (χ3n) is 7.13. The Bertz CT molecular complexity index is 931. The minimum atomic E-state index is -0.327. The highest BCUT2D eigenvalue weighted by atomic mass is 16.5. The molecule has 7 heteroatoms. The van der Waals surface area contributed by atoms with Crippen LogP contribution in [0, 0.1) is 11.3 Å². The van der Waals surface area contributed by atoms with Crippen LogP contribution >= 0.6 is 0 Å². The number of hydrogen-bond donors (Lipinski definition) is 0. The van der Waals surface area contributed by atoms with Crippen molar-refractivity contribution in [1.29, 1.82) is 0 Å². The lowest BCUT2D eigenvalue weighted by Gasteiger charge is -2.54. The number of ether oxygens (including phenoxy) is 3. The molecule has 0 saturated carbocycles. The normalized spacial score (nSPS) is 26.4. The molecule has 2 fully saturated rings. The van der Waals surface area contributed by atoms with Gasteiger partial charge in [0.15, 0.2) is 6.39 Å². The van der Waals surface area contributed by atoms with Crippen LogP contribution in [0.25, 0.3) is 0 Å². The number of carbonyl (C=O) groups is 1. The number of hydrogen-bond acceptors (Lipinski definition) is 6. The summed E-state index contributed by atoms with van der Waals surface area (Å²) in [5, 5.41) is 0. The SMILES string of the molecule is COc1ccc2c(c1)[C@H]1OCC3(CCN(C(=O)c4cnco4)CC3)C[C@@H]1C(C)(C)O2. The Morgan fingerprint density at radius 2 is 2.07 bits per heavy atom. The number of methoxy groups -OCH3 is 1. The monoisotopic (exact) mass is 412 g/mol. The van der Waals surface area contributed by atoms with Crippen molar-refractivity contribution in [3.8, 4) is 11.5 Å². The molecule has 0 unspecified atom stereocenters. The highest BCUT2D eigenvalue weighted by Crippen LogP contribution is 2.55. The fraction of sp³-hybridized carbons (Fsp3) is 0.565. The Labute approximate surface area is 176 Å². The molecule has 2 saturated heterocycles. The zero-order chi connectivity index (χ0) is 20.9. The van der Waals surface area contributed by atoms with Crippen molar-refractivity contribution < 1.29 is 23.4 Å². The number of carbonyl (C=O) groups excluding carboxylic acids is 1. The molecular weight excluding hydrogens is 384 g/mol. The van der Waals surface area contributed by atoms with Gasteiger partial charge < -0.3 is 23.5 Å². The molecule has 30 heavy (non-hydrogen) atoms. The lowest BCUT2D eigenvalue weighted by molar-refractivity contribution is -0.173. The number of likely N-dealkylation sites (tertiary alicyclic amines) is 1. The lowest BCUT2D eigenvalue weighted by atomic mass is 9.64. The Morgan fingerprint density at radius 3 is 2.77 bits per heavy atom. The first kappa shape index (κ1) is 19.4. The van der Waals surface area contributed by atoms with Gasteiger partial charge in [-0.05, 0) is 56.7 Å². The average Bonchev–Trinajstić information content (AvgIpc) is 3.29. The molecular formula is C23H28N2O5. The van der Waals surface area contributed by atoms with Crippen LogP contribution in [-0.4, -0.2) is 48.2 Å². The first-order valence-corrected chi connectivity index (χ1v) is 10.6. The second-order valence-corrected chi connectivity index (χ2v) is 9.31. The third-order valence-corrected chi connectivity index (χ3v) is 7.13. The summed E-state index contributed by atoms with van der Waals surface area (Å²) < 4.78 is 23.6. The van der Waals surface area contributed by atoms with Gasteiger partial charge in [-0.3, -0.25) is 4.79 Å². The molecule has 0 N–H and O–H groups in total. The maximum atomic E-state index is 12.6. The van der Waals surface area contributed by atoms with Crippen molar-refractivity contribution in [3.05, 3.63) is 42.1 Å². The number of amides is 1. The van der Waals surface area contributed by atoms with E-state index in [4.69, 9.17) is 18.6 Å². The highest BCUT2D eigenvalue weighted by molar-refractivity contribution is 5.91. The van der Waals surface area contributed by atoms with Gasteiger partial charge in [0.2, 0.25) is 5.76 Å². The predicted octanol–water partition coefficient (Wildman–Crippen LogP) is 3.85. The summed E-state index contributed by atoms with van der Waals surface area (Å²) in [6, 6.07) is 5.95. The summed E-state index contributed by atoms with van der Waals surface area (Å²) in [7, 11) is 1.68. The third kappa shape index (κ3) is 3.16. The second-order valence-electron chi connectivity index (χ2n) is 9.31. The van der Waals surface area contributed by atoms with E-state index < -0.39 is 0 Å². The molecule has 7 nitrogen and oxygen atoms in total. The number of fused-ring (bicyclic) bond motifs is 3. The van der Waals surface area contributed by atoms with Crippen molar-refractivity contribution in [2.24, 2.45) is 11.3 Å². The zero-order valence-corrected chi connectivity index (χ0v) is 17.7. The van der Waals surface area contributed by atoms with Crippen molar-refractivity contribution >= 4 is 5.91 Å². The Hall–Kier alpha value is -2.54. The van der Waals surface area contributed by atoms with Crippen LogP contribution < -0.4 is 9.47 Å². The standard InChI is InChI=1S/C23H28N2O5/c1-22(2)17-11-23(6-8-25(9-7-23)21(26)19-12-24-14-29-19)13-28-20(17)16-10-15(27-3)4-5-18(16)30-22/h4-5,10,12,14,17,20H,6-9,11,13H2,1-3H3/t17-,20+/m0/s1. The van der Waals surface area contributed by atoms with Crippen molar-refractivity contribution in [2.75, 3.05) is 26.8 Å². The number of aromatic nitrogens is 1. The molecule has 1 aromatic heterocycles. The summed E-state index contributed by atoms with van der Waals surface area (Å²) in [4.78, 5) is 18.3. The number of nitrogens with zero attached hydrogens (tertiary/aromatic N) is 2. The first-order valence-electron chi connectivity index (χ1n) is 10.6. The van der Waals surface area contributed by atoms with E-state index in [1.807, 2.05) is 23.1 Å². The van der Waals surface area contributed by atoms with E-state index in [9.17, 15) is 4.79 Å². The van der Waals surface area contributed by atoms with Crippen molar-refractivity contribution in [1.82, 2.24) is 9.88 Å². The van der Waals surface area contributed by atoms with E-state index in [1.165, 1.54) is 12.6 Å². The fourth-order valence-electron chi connectivity index (χ4n) is 5.27. The molecule has 1 aromatic carbocycles. The van der Waals surface area contributed by atoms with Crippen LogP contribution in [-0.2, 0) is 4.74 Å². The number of benzene rings is 1. The Kier molecular flexibility index (Phi) is 4.54. The van der Waals surface area contributed by atoms with E-state index in [-0.39, 0.29) is 28.9 Å². The fourth-order valence-corrected chi connectivity index (χ4v) is 5.27. The molecule has 1 spiro atoms. The van der Waals surface area contributed by atoms with Crippen molar-refractivity contribution in [2.45, 2.75) is 44.8 Å². The van der Waals surface area contributed by atoms with E-state index in [0.717, 1.165) is 36.3 Å². The smallest absolute Gasteiger partial charge is 0.291 e. The van der Waals surface area contributed by atoms with Gasteiger partial charge in [0.05, 0.1) is 26.0 Å². The molecule has 2 atom stereocenters. The minimum Gasteiger partial charge on any atom is -0.497 e. The maximum Gasteiger partial charge on any atom is 0.291 e. The van der Waals surface area contributed by atoms with Crippen LogP contribution in [0.1, 0.15) is 55.3 Å². The summed E-state index contributed by atoms with van der Waals surface area (Å²) in [6.45, 7) is 6.41. The maximum absolute atomic E-state index is 12.6. The summed E-state index contributed by atoms with van der Waals surface area (Å²) in [6.07, 6.45) is 5.62. The molecule has 2 aromatic rings. The molecule has 1 amide bonds. The lowest BCUT2D eigenvalue weighted by Crippen LogP contribution is -2.54. The summed E-state index contributed by atoms with van der Waals surface area (Å²) in [5.41, 5.74) is 0.814.